The number of para-hydroxylation sites is 1. The van der Waals surface area contributed by atoms with Crippen LogP contribution in [0, 0.1) is 0 Å². The fourth-order valence-electron chi connectivity index (χ4n) is 4.53. The number of ether oxygens (including phenoxy) is 3. The van der Waals surface area contributed by atoms with E-state index in [1.54, 1.807) is 19.3 Å². The summed E-state index contributed by atoms with van der Waals surface area (Å²) in [5, 5.41) is 15.9. The zero-order chi connectivity index (χ0) is 25.9. The van der Waals surface area contributed by atoms with E-state index in [0.29, 0.717) is 34.7 Å². The highest BCUT2D eigenvalue weighted by atomic mass is 35.5. The van der Waals surface area contributed by atoms with Gasteiger partial charge in [0.2, 0.25) is 0 Å². The van der Waals surface area contributed by atoms with Crippen molar-refractivity contribution in [3.8, 4) is 17.2 Å². The normalized spacial score (nSPS) is 18.6. The van der Waals surface area contributed by atoms with Gasteiger partial charge in [0.15, 0.2) is 16.7 Å². The van der Waals surface area contributed by atoms with Crippen molar-refractivity contribution < 1.29 is 24.1 Å². The number of aromatic nitrogens is 1. The first-order valence-electron chi connectivity index (χ1n) is 11.5. The number of carboxylic acids is 1. The molecule has 0 saturated carbocycles. The molecule has 2 aliphatic rings. The molecule has 0 saturated heterocycles. The minimum Gasteiger partial charge on any atom is -0.493 e. The van der Waals surface area contributed by atoms with Crippen LogP contribution in [0.2, 0.25) is 5.02 Å². The number of benzene rings is 2. The maximum Gasteiger partial charge on any atom is 0.313 e. The molecule has 2 aliphatic heterocycles. The van der Waals surface area contributed by atoms with Crippen molar-refractivity contribution >= 4 is 34.5 Å². The number of nitrogens with zero attached hydrogens (tertiary/aromatic N) is 3. The van der Waals surface area contributed by atoms with Gasteiger partial charge in [-0.05, 0) is 42.8 Å². The minimum atomic E-state index is -0.903. The highest BCUT2D eigenvalue weighted by Gasteiger charge is 2.33. The fourth-order valence-corrected chi connectivity index (χ4v) is 5.25. The Hall–Kier alpha value is -3.38. The molecule has 0 aliphatic carbocycles. The van der Waals surface area contributed by atoms with Gasteiger partial charge in [-0.2, -0.15) is 0 Å². The molecule has 2 atom stereocenters. The average Bonchev–Trinajstić information content (AvgIpc) is 3.55. The van der Waals surface area contributed by atoms with Gasteiger partial charge in [-0.25, -0.2) is 5.53 Å². The van der Waals surface area contributed by atoms with Crippen LogP contribution in [0.1, 0.15) is 35.4 Å². The van der Waals surface area contributed by atoms with Gasteiger partial charge >= 0.3 is 5.97 Å². The molecule has 3 heterocycles. The van der Waals surface area contributed by atoms with E-state index < -0.39 is 12.1 Å². The molecule has 1 aromatic heterocycles. The molecular weight excluding hydrogens is 518 g/mol. The van der Waals surface area contributed by atoms with Crippen molar-refractivity contribution in [2.45, 2.75) is 18.6 Å². The zero-order valence-electron chi connectivity index (χ0n) is 20.2. The van der Waals surface area contributed by atoms with Gasteiger partial charge in [0.05, 0.1) is 31.4 Å². The number of carbonyl (C=O) groups is 1. The molecule has 0 bridgehead atoms. The summed E-state index contributed by atoms with van der Waals surface area (Å²) >= 11 is 7.57. The number of thioether (sulfide) groups is 1. The molecule has 3 N–H and O–H groups in total. The summed E-state index contributed by atoms with van der Waals surface area (Å²) in [5.41, 5.74) is 9.66. The van der Waals surface area contributed by atoms with Crippen LogP contribution < -0.4 is 20.4 Å². The summed E-state index contributed by atoms with van der Waals surface area (Å²) in [6.07, 6.45) is 1.82. The Kier molecular flexibility index (Phi) is 7.47. The second kappa shape index (κ2) is 10.9. The molecule has 3 aromatic rings. The number of fused-ring (bicyclic) bond motifs is 3. The third kappa shape index (κ3) is 5.21. The fraction of sp³-hybridized carbons (Fsp3) is 0.280. The number of methoxy groups -OCH3 is 2. The Morgan fingerprint density at radius 2 is 2.05 bits per heavy atom. The number of carboxylic acid groups (broad SMARTS) is 1. The summed E-state index contributed by atoms with van der Waals surface area (Å²) in [6.45, 7) is 0.523. The van der Waals surface area contributed by atoms with E-state index >= 15 is 0 Å². The summed E-state index contributed by atoms with van der Waals surface area (Å²) < 4.78 is 20.3. The van der Waals surface area contributed by atoms with Crippen molar-refractivity contribution in [2.24, 2.45) is 5.10 Å². The molecule has 194 valence electrons. The average molecular weight is 544 g/mol. The summed E-state index contributed by atoms with van der Waals surface area (Å²) in [4.78, 5) is 10.9. The third-order valence-corrected chi connectivity index (χ3v) is 7.19. The van der Waals surface area contributed by atoms with Crippen LogP contribution in [-0.2, 0) is 9.53 Å². The van der Waals surface area contributed by atoms with Gasteiger partial charge in [0.1, 0.15) is 12.2 Å². The number of amidine groups is 1. The van der Waals surface area contributed by atoms with Crippen molar-refractivity contribution in [1.29, 1.82) is 0 Å². The van der Waals surface area contributed by atoms with Gasteiger partial charge in [0.25, 0.3) is 0 Å². The predicted molar refractivity (Wildman–Crippen MR) is 141 cm³/mol. The lowest BCUT2D eigenvalue weighted by Crippen LogP contribution is -2.42. The molecule has 0 fully saturated rings. The minimum absolute atomic E-state index is 0.0779. The van der Waals surface area contributed by atoms with Gasteiger partial charge < -0.3 is 23.9 Å². The molecule has 12 heteroatoms. The molecule has 2 aromatic carbocycles. The zero-order valence-corrected chi connectivity index (χ0v) is 21.8. The van der Waals surface area contributed by atoms with Crippen LogP contribution in [-0.4, -0.2) is 52.4 Å². The van der Waals surface area contributed by atoms with Crippen LogP contribution in [0.5, 0.6) is 11.5 Å². The summed E-state index contributed by atoms with van der Waals surface area (Å²) in [6, 6.07) is 15.6. The first kappa shape index (κ1) is 25.3. The number of aliphatic carboxylic acids is 1. The molecule has 37 heavy (non-hydrogen) atoms. The lowest BCUT2D eigenvalue weighted by Gasteiger charge is -2.26. The smallest absolute Gasteiger partial charge is 0.313 e. The van der Waals surface area contributed by atoms with Crippen molar-refractivity contribution in [2.75, 3.05) is 26.5 Å². The van der Waals surface area contributed by atoms with Gasteiger partial charge in [-0.3, -0.25) is 10.2 Å². The monoisotopic (exact) mass is 543 g/mol. The SMILES string of the molecule is COc1cccc([C@H]2O[C@H](CCN3NN=C(SCC(=O)O)N3)c3cccn3-c3ccc(Cl)cc32)c1OC. The van der Waals surface area contributed by atoms with Crippen molar-refractivity contribution in [3.05, 3.63) is 76.6 Å². The van der Waals surface area contributed by atoms with Crippen LogP contribution in [0.4, 0.5) is 0 Å². The number of hydrazone groups is 1. The van der Waals surface area contributed by atoms with E-state index in [9.17, 15) is 4.79 Å². The number of hydrazine groups is 2. The number of nitrogens with one attached hydrogen (secondary N) is 2. The largest absolute Gasteiger partial charge is 0.493 e. The Morgan fingerprint density at radius 1 is 1.19 bits per heavy atom. The molecular formula is C25H26ClN5O5S. The number of hydrogen-bond acceptors (Lipinski definition) is 9. The molecule has 5 rings (SSSR count). The Morgan fingerprint density at radius 3 is 2.84 bits per heavy atom. The summed E-state index contributed by atoms with van der Waals surface area (Å²) in [5.74, 6) is 0.231. The van der Waals surface area contributed by atoms with Crippen LogP contribution in [0.3, 0.4) is 0 Å². The Balaban J connectivity index is 1.46. The first-order chi connectivity index (χ1) is 18.0. The van der Waals surface area contributed by atoms with Crippen LogP contribution in [0.15, 0.2) is 59.8 Å². The van der Waals surface area contributed by atoms with Crippen LogP contribution >= 0.6 is 23.4 Å². The maximum atomic E-state index is 10.9. The highest BCUT2D eigenvalue weighted by Crippen LogP contribution is 2.46. The summed E-state index contributed by atoms with van der Waals surface area (Å²) in [7, 11) is 3.22. The van der Waals surface area contributed by atoms with E-state index in [0.717, 1.165) is 34.3 Å². The maximum absolute atomic E-state index is 10.9. The van der Waals surface area contributed by atoms with E-state index in [2.05, 4.69) is 20.6 Å². The first-order valence-corrected chi connectivity index (χ1v) is 12.9. The van der Waals surface area contributed by atoms with Gasteiger partial charge in [-0.15, -0.1) is 10.2 Å². The molecule has 0 radical (unpaired) electrons. The van der Waals surface area contributed by atoms with Crippen molar-refractivity contribution in [3.63, 3.8) is 0 Å². The topological polar surface area (TPSA) is 110 Å². The quantitative estimate of drug-likeness (QED) is 0.386. The standard InChI is InChI=1S/C25H26ClN5O5S/c1-34-21-7-3-5-16(24(21)35-2)23-17-13-15(26)8-9-18(17)30-11-4-6-19(30)20(36-23)10-12-31-28-25(27-29-31)37-14-22(32)33/h3-9,11,13,20,23,29H,10,12,14H2,1-2H3,(H,27,28)(H,32,33)/t20-,23-/m1/s1. The highest BCUT2D eigenvalue weighted by molar-refractivity contribution is 8.14. The van der Waals surface area contributed by atoms with Crippen LogP contribution in [0.25, 0.3) is 5.69 Å². The molecule has 0 amide bonds. The second-order valence-electron chi connectivity index (χ2n) is 8.35. The van der Waals surface area contributed by atoms with Crippen molar-refractivity contribution in [1.82, 2.24) is 20.6 Å². The lowest BCUT2D eigenvalue weighted by molar-refractivity contribution is -0.133. The lowest BCUT2D eigenvalue weighted by atomic mass is 9.98. The van der Waals surface area contributed by atoms with E-state index in [1.807, 2.05) is 54.7 Å². The van der Waals surface area contributed by atoms with E-state index in [-0.39, 0.29) is 11.9 Å². The predicted octanol–water partition coefficient (Wildman–Crippen LogP) is 4.11. The number of hydrogen-bond donors (Lipinski definition) is 3. The van der Waals surface area contributed by atoms with E-state index in [4.69, 9.17) is 30.9 Å². The molecule has 10 nitrogen and oxygen atoms in total. The Bertz CT molecular complexity index is 1330. The second-order valence-corrected chi connectivity index (χ2v) is 9.75. The molecule has 0 spiro atoms. The molecule has 0 unspecified atom stereocenters. The third-order valence-electron chi connectivity index (χ3n) is 6.11. The van der Waals surface area contributed by atoms with Gasteiger partial charge in [-0.1, -0.05) is 35.5 Å². The Labute approximate surface area is 223 Å². The number of rotatable bonds is 8. The number of halogens is 1. The van der Waals surface area contributed by atoms with E-state index in [1.165, 1.54) is 0 Å². The van der Waals surface area contributed by atoms with Gasteiger partial charge in [0, 0.05) is 28.9 Å².